The number of nitrogens with one attached hydrogen (secondary N) is 1. The molecule has 0 spiro atoms. The molecule has 1 N–H and O–H groups in total. The largest absolute Gasteiger partial charge is 0.373 e. The topological polar surface area (TPSA) is 68.1 Å². The van der Waals surface area contributed by atoms with Gasteiger partial charge in [0.15, 0.2) is 0 Å². The lowest BCUT2D eigenvalue weighted by molar-refractivity contribution is -0.384. The van der Waals surface area contributed by atoms with E-state index in [0.29, 0.717) is 0 Å². The Morgan fingerprint density at radius 3 is 2.63 bits per heavy atom. The van der Waals surface area contributed by atoms with Crippen molar-refractivity contribution in [2.24, 2.45) is 0 Å². The first-order valence-electron chi connectivity index (χ1n) is 5.68. The molecule has 1 heterocycles. The molecule has 0 aliphatic heterocycles. The monoisotopic (exact) mass is 261 g/mol. The molecule has 6 heteroatoms. The number of aromatic nitrogens is 1. The third-order valence-corrected chi connectivity index (χ3v) is 2.73. The third-order valence-electron chi connectivity index (χ3n) is 2.73. The summed E-state index contributed by atoms with van der Waals surface area (Å²) in [5.41, 5.74) is 0.921. The summed E-state index contributed by atoms with van der Waals surface area (Å²) in [5.74, 6) is -0.518. The molecular weight excluding hydrogens is 249 g/mol. The number of pyridine rings is 1. The van der Waals surface area contributed by atoms with E-state index < -0.39 is 10.7 Å². The van der Waals surface area contributed by atoms with Crippen molar-refractivity contribution in [1.82, 2.24) is 4.98 Å². The standard InChI is InChI=1S/C13H12FN3O2/c1-9(10-4-6-15-7-5-10)16-12-8-11(14)2-3-13(12)17(18)19/h2-9,16H,1H3. The Morgan fingerprint density at radius 2 is 2.00 bits per heavy atom. The second kappa shape index (κ2) is 5.43. The lowest BCUT2D eigenvalue weighted by Crippen LogP contribution is -2.08. The quantitative estimate of drug-likeness (QED) is 0.677. The maximum atomic E-state index is 13.2. The van der Waals surface area contributed by atoms with Gasteiger partial charge in [0.05, 0.1) is 4.92 Å². The first-order chi connectivity index (χ1) is 9.08. The van der Waals surface area contributed by atoms with E-state index in [9.17, 15) is 14.5 Å². The molecule has 19 heavy (non-hydrogen) atoms. The number of halogens is 1. The minimum absolute atomic E-state index is 0.151. The maximum absolute atomic E-state index is 13.2. The normalized spacial score (nSPS) is 11.9. The van der Waals surface area contributed by atoms with Crippen LogP contribution in [0.1, 0.15) is 18.5 Å². The molecule has 1 atom stereocenters. The highest BCUT2D eigenvalue weighted by atomic mass is 19.1. The average Bonchev–Trinajstić information content (AvgIpc) is 2.39. The number of nitro groups is 1. The molecule has 0 saturated heterocycles. The highest BCUT2D eigenvalue weighted by Crippen LogP contribution is 2.28. The van der Waals surface area contributed by atoms with E-state index >= 15 is 0 Å². The van der Waals surface area contributed by atoms with Crippen LogP contribution in [0.5, 0.6) is 0 Å². The van der Waals surface area contributed by atoms with Gasteiger partial charge in [0.2, 0.25) is 0 Å². The van der Waals surface area contributed by atoms with E-state index in [1.807, 2.05) is 6.92 Å². The minimum atomic E-state index is -0.541. The van der Waals surface area contributed by atoms with E-state index in [1.165, 1.54) is 0 Å². The second-order valence-corrected chi connectivity index (χ2v) is 4.07. The molecule has 2 rings (SSSR count). The van der Waals surface area contributed by atoms with Crippen molar-refractivity contribution in [2.45, 2.75) is 13.0 Å². The summed E-state index contributed by atoms with van der Waals surface area (Å²) in [6, 6.07) is 6.74. The SMILES string of the molecule is CC(Nc1cc(F)ccc1[N+](=O)[O-])c1ccncc1. The average molecular weight is 261 g/mol. The van der Waals surface area contributed by atoms with E-state index in [4.69, 9.17) is 0 Å². The Labute approximate surface area is 109 Å². The molecule has 0 aliphatic rings. The van der Waals surface area contributed by atoms with Crippen LogP contribution in [0.4, 0.5) is 15.8 Å². The molecule has 2 aromatic rings. The van der Waals surface area contributed by atoms with Crippen molar-refractivity contribution in [2.75, 3.05) is 5.32 Å². The summed E-state index contributed by atoms with van der Waals surface area (Å²) in [6.45, 7) is 1.84. The minimum Gasteiger partial charge on any atom is -0.373 e. The van der Waals surface area contributed by atoms with Gasteiger partial charge in [0, 0.05) is 30.6 Å². The van der Waals surface area contributed by atoms with Crippen molar-refractivity contribution < 1.29 is 9.31 Å². The van der Waals surface area contributed by atoms with Crippen LogP contribution in [-0.4, -0.2) is 9.91 Å². The van der Waals surface area contributed by atoms with Gasteiger partial charge >= 0.3 is 0 Å². The lowest BCUT2D eigenvalue weighted by atomic mass is 10.1. The van der Waals surface area contributed by atoms with Crippen molar-refractivity contribution in [3.8, 4) is 0 Å². The predicted octanol–water partition coefficient (Wildman–Crippen LogP) is 3.30. The fraction of sp³-hybridized carbons (Fsp3) is 0.154. The summed E-state index contributed by atoms with van der Waals surface area (Å²) in [4.78, 5) is 14.2. The van der Waals surface area contributed by atoms with Crippen molar-refractivity contribution in [3.05, 3.63) is 64.2 Å². The molecule has 0 saturated carbocycles. The van der Waals surface area contributed by atoms with E-state index in [-0.39, 0.29) is 17.4 Å². The van der Waals surface area contributed by atoms with Crippen LogP contribution in [0.25, 0.3) is 0 Å². The molecule has 5 nitrogen and oxygen atoms in total. The fourth-order valence-electron chi connectivity index (χ4n) is 1.75. The number of hydrogen-bond acceptors (Lipinski definition) is 4. The Balaban J connectivity index is 2.28. The molecule has 0 bridgehead atoms. The number of rotatable bonds is 4. The second-order valence-electron chi connectivity index (χ2n) is 4.07. The van der Waals surface area contributed by atoms with Gasteiger partial charge in [-0.15, -0.1) is 0 Å². The van der Waals surface area contributed by atoms with Gasteiger partial charge < -0.3 is 5.32 Å². The molecule has 1 aromatic heterocycles. The summed E-state index contributed by atoms with van der Waals surface area (Å²) in [5, 5.41) is 13.8. The van der Waals surface area contributed by atoms with Gasteiger partial charge in [-0.1, -0.05) is 0 Å². The summed E-state index contributed by atoms with van der Waals surface area (Å²) in [6.07, 6.45) is 3.26. The highest BCUT2D eigenvalue weighted by molar-refractivity contribution is 5.62. The first-order valence-corrected chi connectivity index (χ1v) is 5.68. The van der Waals surface area contributed by atoms with Crippen molar-refractivity contribution >= 4 is 11.4 Å². The molecular formula is C13H12FN3O2. The van der Waals surface area contributed by atoms with Gasteiger partial charge in [0.1, 0.15) is 11.5 Å². The van der Waals surface area contributed by atoms with Crippen LogP contribution in [0.2, 0.25) is 0 Å². The number of nitro benzene ring substituents is 1. The summed E-state index contributed by atoms with van der Waals surface area (Å²) in [7, 11) is 0. The number of hydrogen-bond donors (Lipinski definition) is 1. The third kappa shape index (κ3) is 3.04. The Kier molecular flexibility index (Phi) is 3.70. The van der Waals surface area contributed by atoms with Gasteiger partial charge in [-0.25, -0.2) is 4.39 Å². The summed E-state index contributed by atoms with van der Waals surface area (Å²) < 4.78 is 13.2. The maximum Gasteiger partial charge on any atom is 0.292 e. The first kappa shape index (κ1) is 12.9. The molecule has 1 aromatic carbocycles. The van der Waals surface area contributed by atoms with Crippen LogP contribution in [0.3, 0.4) is 0 Å². The summed E-state index contributed by atoms with van der Waals surface area (Å²) >= 11 is 0. The number of anilines is 1. The van der Waals surface area contributed by atoms with Crippen LogP contribution < -0.4 is 5.32 Å². The molecule has 0 radical (unpaired) electrons. The molecule has 98 valence electrons. The van der Waals surface area contributed by atoms with Gasteiger partial charge in [0.25, 0.3) is 5.69 Å². The van der Waals surface area contributed by atoms with E-state index in [0.717, 1.165) is 23.8 Å². The Morgan fingerprint density at radius 1 is 1.32 bits per heavy atom. The van der Waals surface area contributed by atoms with Gasteiger partial charge in [-0.3, -0.25) is 15.1 Å². The zero-order chi connectivity index (χ0) is 13.8. The van der Waals surface area contributed by atoms with E-state index in [1.54, 1.807) is 24.5 Å². The highest BCUT2D eigenvalue weighted by Gasteiger charge is 2.16. The van der Waals surface area contributed by atoms with Gasteiger partial charge in [-0.05, 0) is 30.7 Å². The molecule has 0 fully saturated rings. The van der Waals surface area contributed by atoms with Crippen LogP contribution in [0.15, 0.2) is 42.7 Å². The molecule has 0 aliphatic carbocycles. The number of benzene rings is 1. The smallest absolute Gasteiger partial charge is 0.292 e. The lowest BCUT2D eigenvalue weighted by Gasteiger charge is -2.15. The Bertz CT molecular complexity index is 590. The predicted molar refractivity (Wildman–Crippen MR) is 69.3 cm³/mol. The zero-order valence-corrected chi connectivity index (χ0v) is 10.2. The van der Waals surface area contributed by atoms with E-state index in [2.05, 4.69) is 10.3 Å². The zero-order valence-electron chi connectivity index (χ0n) is 10.2. The van der Waals surface area contributed by atoms with Crippen LogP contribution in [0, 0.1) is 15.9 Å². The molecule has 1 unspecified atom stereocenters. The fourth-order valence-corrected chi connectivity index (χ4v) is 1.75. The number of nitrogens with zero attached hydrogens (tertiary/aromatic N) is 2. The van der Waals surface area contributed by atoms with Crippen molar-refractivity contribution in [1.29, 1.82) is 0 Å². The van der Waals surface area contributed by atoms with Crippen LogP contribution >= 0.6 is 0 Å². The Hall–Kier alpha value is -2.50. The van der Waals surface area contributed by atoms with Crippen molar-refractivity contribution in [3.63, 3.8) is 0 Å². The van der Waals surface area contributed by atoms with Crippen LogP contribution in [-0.2, 0) is 0 Å². The molecule has 0 amide bonds. The van der Waals surface area contributed by atoms with Gasteiger partial charge in [-0.2, -0.15) is 0 Å².